The number of nitrogens with zero attached hydrogens (tertiary/aromatic N) is 2. The molecule has 1 aliphatic rings. The van der Waals surface area contributed by atoms with Crippen molar-refractivity contribution in [1.82, 2.24) is 5.32 Å². The number of carbonyl (C=O) groups excluding carboxylic acids is 3. The van der Waals surface area contributed by atoms with Crippen LogP contribution in [0.1, 0.15) is 0 Å². The lowest BCUT2D eigenvalue weighted by molar-refractivity contribution is -0.131. The zero-order valence-electron chi connectivity index (χ0n) is 15.0. The number of hydrogen-bond acceptors (Lipinski definition) is 6. The third-order valence-electron chi connectivity index (χ3n) is 4.02. The van der Waals surface area contributed by atoms with Gasteiger partial charge in [0.15, 0.2) is 5.92 Å². The lowest BCUT2D eigenvalue weighted by Gasteiger charge is -2.28. The highest BCUT2D eigenvalue weighted by atomic mass is 79.9. The maximum Gasteiger partial charge on any atom is 0.335 e. The van der Waals surface area contributed by atoms with Gasteiger partial charge in [-0.25, -0.2) is 9.69 Å². The summed E-state index contributed by atoms with van der Waals surface area (Å²) in [6.45, 7) is 0. The molecule has 1 saturated heterocycles. The molecule has 2 aromatic carbocycles. The van der Waals surface area contributed by atoms with E-state index < -0.39 is 23.8 Å². The Morgan fingerprint density at radius 1 is 1.11 bits per heavy atom. The van der Waals surface area contributed by atoms with Crippen molar-refractivity contribution in [3.8, 4) is 11.5 Å². The molecule has 9 heteroatoms. The van der Waals surface area contributed by atoms with Gasteiger partial charge >= 0.3 is 6.03 Å². The Morgan fingerprint density at radius 2 is 1.89 bits per heavy atom. The zero-order chi connectivity index (χ0) is 20.3. The Labute approximate surface area is 169 Å². The van der Waals surface area contributed by atoms with Gasteiger partial charge in [-0.05, 0) is 30.3 Å². The fourth-order valence-electron chi connectivity index (χ4n) is 2.63. The topological polar surface area (TPSA) is 97.3 Å². The molecule has 144 valence electrons. The summed E-state index contributed by atoms with van der Waals surface area (Å²) < 4.78 is 11.1. The third kappa shape index (κ3) is 3.89. The molecule has 0 spiro atoms. The SMILES string of the molecule is COc1cccc(N2C(=O)NC(=O)[C@H](C=Nc3cc(Br)ccc3OC)C2=O)c1. The van der Waals surface area contributed by atoms with Gasteiger partial charge < -0.3 is 9.47 Å². The normalized spacial score (nSPS) is 17.0. The Hall–Kier alpha value is -3.20. The largest absolute Gasteiger partial charge is 0.497 e. The molecule has 0 unspecified atom stereocenters. The number of aliphatic imine (C=N–C) groups is 1. The molecule has 1 heterocycles. The van der Waals surface area contributed by atoms with Crippen LogP contribution in [-0.4, -0.2) is 38.3 Å². The standard InChI is InChI=1S/C19H16BrN3O5/c1-27-13-5-3-4-12(9-13)23-18(25)14(17(24)22-19(23)26)10-21-15-8-11(20)6-7-16(15)28-2/h3-10,14H,1-2H3,(H,22,24,26)/t14-/m0/s1. The molecule has 4 amide bonds. The number of halogens is 1. The summed E-state index contributed by atoms with van der Waals surface area (Å²) in [7, 11) is 2.96. The molecular formula is C19H16BrN3O5. The summed E-state index contributed by atoms with van der Waals surface area (Å²) in [6, 6.07) is 10.8. The lowest BCUT2D eigenvalue weighted by Crippen LogP contribution is -2.58. The second-order valence-electron chi connectivity index (χ2n) is 5.74. The zero-order valence-corrected chi connectivity index (χ0v) is 16.6. The van der Waals surface area contributed by atoms with E-state index in [1.165, 1.54) is 26.5 Å². The first-order chi connectivity index (χ1) is 13.4. The number of amides is 4. The van der Waals surface area contributed by atoms with Crippen molar-refractivity contribution in [2.24, 2.45) is 10.9 Å². The van der Waals surface area contributed by atoms with Gasteiger partial charge in [0.25, 0.3) is 5.91 Å². The van der Waals surface area contributed by atoms with E-state index in [4.69, 9.17) is 9.47 Å². The van der Waals surface area contributed by atoms with Gasteiger partial charge in [-0.3, -0.25) is 19.9 Å². The minimum Gasteiger partial charge on any atom is -0.497 e. The molecule has 28 heavy (non-hydrogen) atoms. The molecule has 1 N–H and O–H groups in total. The van der Waals surface area contributed by atoms with Crippen molar-refractivity contribution in [2.75, 3.05) is 19.1 Å². The van der Waals surface area contributed by atoms with E-state index in [0.29, 0.717) is 17.2 Å². The van der Waals surface area contributed by atoms with Crippen molar-refractivity contribution in [1.29, 1.82) is 0 Å². The van der Waals surface area contributed by atoms with E-state index in [0.717, 1.165) is 9.37 Å². The van der Waals surface area contributed by atoms with Crippen LogP contribution in [-0.2, 0) is 9.59 Å². The molecule has 0 aliphatic carbocycles. The number of ether oxygens (including phenoxy) is 2. The fraction of sp³-hybridized carbons (Fsp3) is 0.158. The number of anilines is 1. The second-order valence-corrected chi connectivity index (χ2v) is 6.66. The van der Waals surface area contributed by atoms with Crippen molar-refractivity contribution in [3.05, 3.63) is 46.9 Å². The first-order valence-electron chi connectivity index (χ1n) is 8.15. The second kappa shape index (κ2) is 8.22. The first-order valence-corrected chi connectivity index (χ1v) is 8.94. The number of methoxy groups -OCH3 is 2. The van der Waals surface area contributed by atoms with Gasteiger partial charge in [0.05, 0.1) is 19.9 Å². The minimum atomic E-state index is -1.27. The quantitative estimate of drug-likeness (QED) is 0.563. The first kappa shape index (κ1) is 19.6. The molecule has 1 atom stereocenters. The maximum absolute atomic E-state index is 12.9. The molecule has 0 saturated carbocycles. The van der Waals surface area contributed by atoms with E-state index >= 15 is 0 Å². The molecular weight excluding hydrogens is 430 g/mol. The van der Waals surface area contributed by atoms with Crippen LogP contribution in [0.25, 0.3) is 0 Å². The Kier molecular flexibility index (Phi) is 5.74. The van der Waals surface area contributed by atoms with Crippen LogP contribution in [0.3, 0.4) is 0 Å². The highest BCUT2D eigenvalue weighted by molar-refractivity contribution is 9.10. The van der Waals surface area contributed by atoms with Gasteiger partial charge in [0.2, 0.25) is 5.91 Å². The predicted octanol–water partition coefficient (Wildman–Crippen LogP) is 3.07. The fourth-order valence-corrected chi connectivity index (χ4v) is 2.98. The van der Waals surface area contributed by atoms with Gasteiger partial charge in [0, 0.05) is 16.8 Å². The highest BCUT2D eigenvalue weighted by Crippen LogP contribution is 2.31. The number of hydrogen-bond donors (Lipinski definition) is 1. The molecule has 0 bridgehead atoms. The number of nitrogens with one attached hydrogen (secondary N) is 1. The van der Waals surface area contributed by atoms with Crippen LogP contribution in [0.15, 0.2) is 51.9 Å². The molecule has 3 rings (SSSR count). The summed E-state index contributed by atoms with van der Waals surface area (Å²) in [5, 5.41) is 2.18. The summed E-state index contributed by atoms with van der Waals surface area (Å²) in [4.78, 5) is 42.4. The van der Waals surface area contributed by atoms with Crippen molar-refractivity contribution < 1.29 is 23.9 Å². The Morgan fingerprint density at radius 3 is 2.61 bits per heavy atom. The van der Waals surface area contributed by atoms with Crippen LogP contribution in [0, 0.1) is 5.92 Å². The van der Waals surface area contributed by atoms with E-state index in [9.17, 15) is 14.4 Å². The molecule has 0 aromatic heterocycles. The molecule has 0 radical (unpaired) electrons. The average Bonchev–Trinajstić information content (AvgIpc) is 2.68. The summed E-state index contributed by atoms with van der Waals surface area (Å²) in [5.74, 6) is -1.78. The molecule has 1 fully saturated rings. The average molecular weight is 446 g/mol. The third-order valence-corrected chi connectivity index (χ3v) is 4.51. The number of carbonyl (C=O) groups is 3. The van der Waals surface area contributed by atoms with Gasteiger partial charge in [-0.1, -0.05) is 22.0 Å². The minimum absolute atomic E-state index is 0.285. The number of rotatable bonds is 5. The van der Waals surface area contributed by atoms with Gasteiger partial charge in [-0.15, -0.1) is 0 Å². The Bertz CT molecular complexity index is 976. The van der Waals surface area contributed by atoms with E-state index in [1.807, 2.05) is 0 Å². The number of imide groups is 2. The Balaban J connectivity index is 1.93. The van der Waals surface area contributed by atoms with Gasteiger partial charge in [-0.2, -0.15) is 0 Å². The number of barbiturate groups is 1. The summed E-state index contributed by atoms with van der Waals surface area (Å²) >= 11 is 3.34. The van der Waals surface area contributed by atoms with Crippen molar-refractivity contribution in [2.45, 2.75) is 0 Å². The molecule has 1 aliphatic heterocycles. The monoisotopic (exact) mass is 445 g/mol. The molecule has 8 nitrogen and oxygen atoms in total. The summed E-state index contributed by atoms with van der Waals surface area (Å²) in [6.07, 6.45) is 1.20. The van der Waals surface area contributed by atoms with Crippen LogP contribution >= 0.6 is 15.9 Å². The van der Waals surface area contributed by atoms with Crippen LogP contribution in [0.2, 0.25) is 0 Å². The van der Waals surface area contributed by atoms with Gasteiger partial charge in [0.1, 0.15) is 17.2 Å². The van der Waals surface area contributed by atoms with Crippen LogP contribution < -0.4 is 19.7 Å². The molecule has 2 aromatic rings. The van der Waals surface area contributed by atoms with Crippen molar-refractivity contribution in [3.63, 3.8) is 0 Å². The smallest absolute Gasteiger partial charge is 0.335 e. The number of benzene rings is 2. The van der Waals surface area contributed by atoms with E-state index in [-0.39, 0.29) is 5.69 Å². The predicted molar refractivity (Wildman–Crippen MR) is 106 cm³/mol. The lowest BCUT2D eigenvalue weighted by atomic mass is 10.1. The van der Waals surface area contributed by atoms with Crippen LogP contribution in [0.5, 0.6) is 11.5 Å². The maximum atomic E-state index is 12.9. The van der Waals surface area contributed by atoms with Crippen LogP contribution in [0.4, 0.5) is 16.2 Å². The van der Waals surface area contributed by atoms with E-state index in [1.54, 1.807) is 36.4 Å². The highest BCUT2D eigenvalue weighted by Gasteiger charge is 2.40. The number of urea groups is 1. The summed E-state index contributed by atoms with van der Waals surface area (Å²) in [5.41, 5.74) is 0.718. The van der Waals surface area contributed by atoms with Crippen molar-refractivity contribution >= 4 is 51.4 Å². The van der Waals surface area contributed by atoms with E-state index in [2.05, 4.69) is 26.2 Å².